The Morgan fingerprint density at radius 3 is 2.86 bits per heavy atom. The highest BCUT2D eigenvalue weighted by Gasteiger charge is 2.01. The molecule has 0 amide bonds. The van der Waals surface area contributed by atoms with Gasteiger partial charge >= 0.3 is 0 Å². The lowest BCUT2D eigenvalue weighted by atomic mass is 10.2. The minimum Gasteiger partial charge on any atom is -0.298 e. The summed E-state index contributed by atoms with van der Waals surface area (Å²) in [5.74, 6) is 0. The van der Waals surface area contributed by atoms with E-state index in [2.05, 4.69) is 26.2 Å². The van der Waals surface area contributed by atoms with Crippen LogP contribution in [0.5, 0.6) is 0 Å². The number of carbonyl (C=O) groups excluding carboxylic acids is 1. The molecule has 0 saturated heterocycles. The molecule has 1 aromatic heterocycles. The summed E-state index contributed by atoms with van der Waals surface area (Å²) in [5.41, 5.74) is 1.48. The van der Waals surface area contributed by atoms with Crippen molar-refractivity contribution in [2.45, 2.75) is 0 Å². The Kier molecular flexibility index (Phi) is 2.41. The number of benzene rings is 1. The van der Waals surface area contributed by atoms with Crippen molar-refractivity contribution < 1.29 is 4.79 Å². The van der Waals surface area contributed by atoms with Crippen molar-refractivity contribution in [3.63, 3.8) is 0 Å². The van der Waals surface area contributed by atoms with E-state index in [4.69, 9.17) is 0 Å². The molecule has 1 aromatic carbocycles. The normalized spacial score (nSPS) is 10.1. The molecule has 0 aliphatic heterocycles. The molecular weight excluding hydrogens is 246 g/mol. The topological polar surface area (TPSA) is 47.8 Å². The van der Waals surface area contributed by atoms with Crippen LogP contribution in [-0.2, 0) is 0 Å². The van der Waals surface area contributed by atoms with Crippen molar-refractivity contribution in [1.82, 2.24) is 15.0 Å². The molecule has 0 unspecified atom stereocenters. The first-order valence-electron chi connectivity index (χ1n) is 3.92. The second-order valence-electron chi connectivity index (χ2n) is 2.67. The van der Waals surface area contributed by atoms with Gasteiger partial charge in [-0.1, -0.05) is 5.21 Å². The van der Waals surface area contributed by atoms with Gasteiger partial charge in [-0.25, -0.2) is 4.68 Å². The fraction of sp³-hybridized carbons (Fsp3) is 0. The number of nitrogens with zero attached hydrogens (tertiary/aromatic N) is 3. The molecule has 0 atom stereocenters. The van der Waals surface area contributed by atoms with E-state index in [1.165, 1.54) is 0 Å². The maximum absolute atomic E-state index is 10.6. The highest BCUT2D eigenvalue weighted by atomic mass is 79.9. The Morgan fingerprint density at radius 2 is 2.29 bits per heavy atom. The fourth-order valence-electron chi connectivity index (χ4n) is 1.10. The van der Waals surface area contributed by atoms with Gasteiger partial charge < -0.3 is 0 Å². The maximum Gasteiger partial charge on any atom is 0.151 e. The van der Waals surface area contributed by atoms with Crippen LogP contribution < -0.4 is 0 Å². The number of hydrogen-bond acceptors (Lipinski definition) is 3. The van der Waals surface area contributed by atoms with Gasteiger partial charge in [0.1, 0.15) is 0 Å². The van der Waals surface area contributed by atoms with Crippen LogP contribution in [-0.4, -0.2) is 21.3 Å². The monoisotopic (exact) mass is 251 g/mol. The summed E-state index contributed by atoms with van der Waals surface area (Å²) in [5, 5.41) is 7.54. The van der Waals surface area contributed by atoms with E-state index < -0.39 is 0 Å². The zero-order valence-corrected chi connectivity index (χ0v) is 8.68. The quantitative estimate of drug-likeness (QED) is 0.766. The standard InChI is InChI=1S/C9H6BrN3O/c10-9-5-8(2-1-7(9)6-14)13-4-3-11-12-13/h1-6H. The van der Waals surface area contributed by atoms with E-state index in [0.717, 1.165) is 16.4 Å². The molecule has 4 nitrogen and oxygen atoms in total. The van der Waals surface area contributed by atoms with Crippen LogP contribution in [0.4, 0.5) is 0 Å². The van der Waals surface area contributed by atoms with Gasteiger partial charge in [0, 0.05) is 10.0 Å². The number of aldehydes is 1. The number of rotatable bonds is 2. The van der Waals surface area contributed by atoms with Crippen molar-refractivity contribution in [3.8, 4) is 5.69 Å². The Labute approximate surface area is 88.7 Å². The summed E-state index contributed by atoms with van der Waals surface area (Å²) in [7, 11) is 0. The molecule has 14 heavy (non-hydrogen) atoms. The lowest BCUT2D eigenvalue weighted by Gasteiger charge is -2.01. The first kappa shape index (κ1) is 9.08. The van der Waals surface area contributed by atoms with E-state index in [-0.39, 0.29) is 0 Å². The predicted molar refractivity (Wildman–Crippen MR) is 54.4 cm³/mol. The van der Waals surface area contributed by atoms with Crippen LogP contribution >= 0.6 is 15.9 Å². The fourth-order valence-corrected chi connectivity index (χ4v) is 1.56. The number of hydrogen-bond donors (Lipinski definition) is 0. The molecule has 0 radical (unpaired) electrons. The summed E-state index contributed by atoms with van der Waals surface area (Å²) in [6.45, 7) is 0. The number of carbonyl (C=O) groups is 1. The molecule has 2 aromatic rings. The molecule has 0 aliphatic rings. The first-order chi connectivity index (χ1) is 6.81. The van der Waals surface area contributed by atoms with Crippen molar-refractivity contribution in [3.05, 3.63) is 40.6 Å². The van der Waals surface area contributed by atoms with E-state index >= 15 is 0 Å². The van der Waals surface area contributed by atoms with Gasteiger partial charge in [0.2, 0.25) is 0 Å². The van der Waals surface area contributed by atoms with E-state index in [9.17, 15) is 4.79 Å². The molecule has 0 N–H and O–H groups in total. The molecule has 0 saturated carbocycles. The number of halogens is 1. The van der Waals surface area contributed by atoms with E-state index in [1.54, 1.807) is 23.1 Å². The minimum atomic E-state index is 0.619. The molecule has 0 aliphatic carbocycles. The molecule has 0 fully saturated rings. The third kappa shape index (κ3) is 1.58. The lowest BCUT2D eigenvalue weighted by molar-refractivity contribution is 0.112. The SMILES string of the molecule is O=Cc1ccc(-n2ccnn2)cc1Br. The third-order valence-electron chi connectivity index (χ3n) is 1.80. The van der Waals surface area contributed by atoms with Crippen molar-refractivity contribution in [2.24, 2.45) is 0 Å². The summed E-state index contributed by atoms with van der Waals surface area (Å²) in [6, 6.07) is 5.36. The molecule has 0 bridgehead atoms. The first-order valence-corrected chi connectivity index (χ1v) is 4.72. The highest BCUT2D eigenvalue weighted by molar-refractivity contribution is 9.10. The molecule has 70 valence electrons. The van der Waals surface area contributed by atoms with Gasteiger partial charge in [0.15, 0.2) is 6.29 Å². The van der Waals surface area contributed by atoms with E-state index in [1.807, 2.05) is 12.1 Å². The van der Waals surface area contributed by atoms with Gasteiger partial charge in [-0.3, -0.25) is 4.79 Å². The van der Waals surface area contributed by atoms with Gasteiger partial charge in [0.25, 0.3) is 0 Å². The second-order valence-corrected chi connectivity index (χ2v) is 3.53. The smallest absolute Gasteiger partial charge is 0.151 e. The summed E-state index contributed by atoms with van der Waals surface area (Å²) < 4.78 is 2.37. The molecule has 5 heteroatoms. The van der Waals surface area contributed by atoms with Crippen LogP contribution in [0.25, 0.3) is 5.69 Å². The minimum absolute atomic E-state index is 0.619. The van der Waals surface area contributed by atoms with Crippen LogP contribution in [0.15, 0.2) is 35.1 Å². The van der Waals surface area contributed by atoms with Gasteiger partial charge in [-0.2, -0.15) is 0 Å². The summed E-state index contributed by atoms with van der Waals surface area (Å²) >= 11 is 3.30. The molecule has 1 heterocycles. The summed E-state index contributed by atoms with van der Waals surface area (Å²) in [4.78, 5) is 10.6. The van der Waals surface area contributed by atoms with Crippen LogP contribution in [0.1, 0.15) is 10.4 Å². The van der Waals surface area contributed by atoms with Gasteiger partial charge in [0.05, 0.1) is 18.1 Å². The molecular formula is C9H6BrN3O. The van der Waals surface area contributed by atoms with Gasteiger partial charge in [-0.15, -0.1) is 5.10 Å². The Hall–Kier alpha value is -1.49. The third-order valence-corrected chi connectivity index (χ3v) is 2.48. The van der Waals surface area contributed by atoms with E-state index in [0.29, 0.717) is 5.56 Å². The van der Waals surface area contributed by atoms with Crippen molar-refractivity contribution in [1.29, 1.82) is 0 Å². The van der Waals surface area contributed by atoms with Crippen LogP contribution in [0.2, 0.25) is 0 Å². The largest absolute Gasteiger partial charge is 0.298 e. The maximum atomic E-state index is 10.6. The van der Waals surface area contributed by atoms with Crippen LogP contribution in [0.3, 0.4) is 0 Å². The predicted octanol–water partition coefficient (Wildman–Crippen LogP) is 1.84. The number of aromatic nitrogens is 3. The summed E-state index contributed by atoms with van der Waals surface area (Å²) in [6.07, 6.45) is 4.14. The highest BCUT2D eigenvalue weighted by Crippen LogP contribution is 2.18. The molecule has 0 spiro atoms. The van der Waals surface area contributed by atoms with Crippen molar-refractivity contribution in [2.75, 3.05) is 0 Å². The average molecular weight is 252 g/mol. The average Bonchev–Trinajstić information content (AvgIpc) is 2.70. The molecule has 2 rings (SSSR count). The lowest BCUT2D eigenvalue weighted by Crippen LogP contribution is -1.95. The zero-order valence-electron chi connectivity index (χ0n) is 7.09. The van der Waals surface area contributed by atoms with Crippen molar-refractivity contribution >= 4 is 22.2 Å². The Morgan fingerprint density at radius 1 is 1.43 bits per heavy atom. The zero-order chi connectivity index (χ0) is 9.97. The van der Waals surface area contributed by atoms with Crippen LogP contribution in [0, 0.1) is 0 Å². The van der Waals surface area contributed by atoms with Gasteiger partial charge in [-0.05, 0) is 34.1 Å². The Balaban J connectivity index is 2.48. The second kappa shape index (κ2) is 3.71. The Bertz CT molecular complexity index is 453.